The van der Waals surface area contributed by atoms with Crippen LogP contribution in [0.3, 0.4) is 0 Å². The molecule has 1 atom stereocenters. The lowest BCUT2D eigenvalue weighted by atomic mass is 10.1. The van der Waals surface area contributed by atoms with Gasteiger partial charge in [0.1, 0.15) is 0 Å². The molecule has 0 heterocycles. The van der Waals surface area contributed by atoms with E-state index in [1.165, 1.54) is 0 Å². The maximum Gasteiger partial charge on any atom is 0.239 e. The van der Waals surface area contributed by atoms with Gasteiger partial charge in [0.2, 0.25) is 11.8 Å². The largest absolute Gasteiger partial charge is 0.343 e. The maximum absolute atomic E-state index is 11.9. The van der Waals surface area contributed by atoms with E-state index >= 15 is 0 Å². The first-order chi connectivity index (χ1) is 8.01. The van der Waals surface area contributed by atoms with E-state index in [2.05, 4.69) is 0 Å². The van der Waals surface area contributed by atoms with Gasteiger partial charge in [-0.1, -0.05) is 0 Å². The van der Waals surface area contributed by atoms with Gasteiger partial charge in [-0.25, -0.2) is 0 Å². The van der Waals surface area contributed by atoms with Crippen LogP contribution < -0.4 is 5.73 Å². The van der Waals surface area contributed by atoms with E-state index < -0.39 is 6.04 Å². The maximum atomic E-state index is 11.9. The zero-order valence-electron chi connectivity index (χ0n) is 11.4. The van der Waals surface area contributed by atoms with Gasteiger partial charge in [0.15, 0.2) is 0 Å². The third-order valence-corrected chi connectivity index (χ3v) is 2.90. The van der Waals surface area contributed by atoms with Crippen LogP contribution in [0.4, 0.5) is 0 Å². The minimum atomic E-state index is -0.719. The van der Waals surface area contributed by atoms with Crippen molar-refractivity contribution < 1.29 is 9.59 Å². The fourth-order valence-electron chi connectivity index (χ4n) is 1.75. The molecule has 0 aliphatic carbocycles. The van der Waals surface area contributed by atoms with Crippen molar-refractivity contribution in [1.82, 2.24) is 9.80 Å². The zero-order valence-corrected chi connectivity index (χ0v) is 11.4. The molecule has 0 rings (SSSR count). The van der Waals surface area contributed by atoms with Crippen LogP contribution in [0.2, 0.25) is 0 Å². The summed E-state index contributed by atoms with van der Waals surface area (Å²) in [7, 11) is 0. The van der Waals surface area contributed by atoms with Gasteiger partial charge in [0, 0.05) is 26.2 Å². The second kappa shape index (κ2) is 8.06. The summed E-state index contributed by atoms with van der Waals surface area (Å²) >= 11 is 0. The van der Waals surface area contributed by atoms with Crippen molar-refractivity contribution in [1.29, 1.82) is 0 Å². The Labute approximate surface area is 104 Å². The van der Waals surface area contributed by atoms with Crippen molar-refractivity contribution in [2.75, 3.05) is 26.2 Å². The summed E-state index contributed by atoms with van der Waals surface area (Å²) in [4.78, 5) is 27.0. The first-order valence-corrected chi connectivity index (χ1v) is 6.33. The summed E-state index contributed by atoms with van der Waals surface area (Å²) in [5.74, 6) is -0.196. The molecule has 0 aromatic carbocycles. The average molecular weight is 243 g/mol. The summed E-state index contributed by atoms with van der Waals surface area (Å²) in [5, 5.41) is 0. The molecule has 0 aliphatic rings. The quantitative estimate of drug-likeness (QED) is 0.705. The standard InChI is InChI=1S/C12H25N3O2/c1-5-14(6-2)11(16)9-10(13)12(17)15(7-3)8-4/h10H,5-9,13H2,1-4H3. The zero-order chi connectivity index (χ0) is 13.4. The Morgan fingerprint density at radius 3 is 1.71 bits per heavy atom. The second-order valence-corrected chi connectivity index (χ2v) is 3.89. The number of hydrogen-bond acceptors (Lipinski definition) is 3. The van der Waals surface area contributed by atoms with Gasteiger partial charge in [-0.15, -0.1) is 0 Å². The first-order valence-electron chi connectivity index (χ1n) is 6.33. The highest BCUT2D eigenvalue weighted by Crippen LogP contribution is 2.01. The molecule has 0 aliphatic heterocycles. The van der Waals surface area contributed by atoms with E-state index in [0.29, 0.717) is 26.2 Å². The lowest BCUT2D eigenvalue weighted by Crippen LogP contribution is -2.46. The van der Waals surface area contributed by atoms with E-state index in [4.69, 9.17) is 5.73 Å². The number of carbonyl (C=O) groups excluding carboxylic acids is 2. The predicted octanol–water partition coefficient (Wildman–Crippen LogP) is 0.441. The molecular weight excluding hydrogens is 218 g/mol. The SMILES string of the molecule is CCN(CC)C(=O)CC(N)C(=O)N(CC)CC. The Morgan fingerprint density at radius 1 is 0.941 bits per heavy atom. The minimum absolute atomic E-state index is 0.0528. The summed E-state index contributed by atoms with van der Waals surface area (Å²) in [6.45, 7) is 10.2. The number of rotatable bonds is 7. The number of carbonyl (C=O) groups is 2. The van der Waals surface area contributed by atoms with Gasteiger partial charge in [-0.3, -0.25) is 9.59 Å². The van der Waals surface area contributed by atoms with Crippen LogP contribution in [-0.4, -0.2) is 53.8 Å². The fraction of sp³-hybridized carbons (Fsp3) is 0.833. The molecule has 2 amide bonds. The third kappa shape index (κ3) is 4.73. The van der Waals surface area contributed by atoms with E-state index in [-0.39, 0.29) is 18.2 Å². The van der Waals surface area contributed by atoms with Gasteiger partial charge in [-0.2, -0.15) is 0 Å². The van der Waals surface area contributed by atoms with Crippen molar-refractivity contribution in [3.63, 3.8) is 0 Å². The smallest absolute Gasteiger partial charge is 0.239 e. The number of hydrogen-bond donors (Lipinski definition) is 1. The number of amides is 2. The van der Waals surface area contributed by atoms with Gasteiger partial charge in [-0.05, 0) is 27.7 Å². The third-order valence-electron chi connectivity index (χ3n) is 2.90. The van der Waals surface area contributed by atoms with E-state index in [9.17, 15) is 9.59 Å². The van der Waals surface area contributed by atoms with E-state index in [0.717, 1.165) is 0 Å². The molecule has 1 unspecified atom stereocenters. The highest BCUT2D eigenvalue weighted by atomic mass is 16.2. The summed E-state index contributed by atoms with van der Waals surface area (Å²) in [6.07, 6.45) is 0.0943. The Hall–Kier alpha value is -1.10. The second-order valence-electron chi connectivity index (χ2n) is 3.89. The molecule has 0 fully saturated rings. The normalized spacial score (nSPS) is 12.1. The van der Waals surface area contributed by atoms with Crippen molar-refractivity contribution in [2.45, 2.75) is 40.2 Å². The van der Waals surface area contributed by atoms with Crippen LogP contribution >= 0.6 is 0 Å². The van der Waals surface area contributed by atoms with Gasteiger partial charge in [0.25, 0.3) is 0 Å². The average Bonchev–Trinajstić information content (AvgIpc) is 2.31. The van der Waals surface area contributed by atoms with Crippen molar-refractivity contribution in [2.24, 2.45) is 5.73 Å². The monoisotopic (exact) mass is 243 g/mol. The number of nitrogens with zero attached hydrogens (tertiary/aromatic N) is 2. The number of likely N-dealkylation sites (N-methyl/N-ethyl adjacent to an activating group) is 1. The highest BCUT2D eigenvalue weighted by molar-refractivity contribution is 5.88. The topological polar surface area (TPSA) is 66.6 Å². The van der Waals surface area contributed by atoms with Crippen LogP contribution in [0.15, 0.2) is 0 Å². The van der Waals surface area contributed by atoms with E-state index in [1.807, 2.05) is 27.7 Å². The fourth-order valence-corrected chi connectivity index (χ4v) is 1.75. The molecule has 0 bridgehead atoms. The summed E-state index contributed by atoms with van der Waals surface area (Å²) in [6, 6.07) is -0.719. The van der Waals surface area contributed by atoms with E-state index in [1.54, 1.807) is 9.80 Å². The summed E-state index contributed by atoms with van der Waals surface area (Å²) in [5.41, 5.74) is 5.78. The van der Waals surface area contributed by atoms with Gasteiger partial charge in [0.05, 0.1) is 12.5 Å². The molecule has 0 spiro atoms. The van der Waals surface area contributed by atoms with Crippen LogP contribution in [0.5, 0.6) is 0 Å². The predicted molar refractivity (Wildman–Crippen MR) is 68.4 cm³/mol. The molecule has 0 saturated carbocycles. The Bertz CT molecular complexity index is 248. The van der Waals surface area contributed by atoms with Crippen LogP contribution in [0, 0.1) is 0 Å². The van der Waals surface area contributed by atoms with Crippen molar-refractivity contribution in [3.05, 3.63) is 0 Å². The Kier molecular flexibility index (Phi) is 7.54. The highest BCUT2D eigenvalue weighted by Gasteiger charge is 2.23. The van der Waals surface area contributed by atoms with Crippen molar-refractivity contribution >= 4 is 11.8 Å². The van der Waals surface area contributed by atoms with Crippen LogP contribution in [0.25, 0.3) is 0 Å². The minimum Gasteiger partial charge on any atom is -0.343 e. The van der Waals surface area contributed by atoms with Crippen molar-refractivity contribution in [3.8, 4) is 0 Å². The van der Waals surface area contributed by atoms with Gasteiger partial charge >= 0.3 is 0 Å². The van der Waals surface area contributed by atoms with Crippen LogP contribution in [0.1, 0.15) is 34.1 Å². The Balaban J connectivity index is 4.38. The molecule has 5 nitrogen and oxygen atoms in total. The van der Waals surface area contributed by atoms with Crippen LogP contribution in [-0.2, 0) is 9.59 Å². The molecule has 5 heteroatoms. The molecule has 100 valence electrons. The number of nitrogens with two attached hydrogens (primary N) is 1. The molecule has 0 radical (unpaired) electrons. The molecule has 2 N–H and O–H groups in total. The molecular formula is C12H25N3O2. The Morgan fingerprint density at radius 2 is 1.35 bits per heavy atom. The molecule has 0 saturated heterocycles. The summed E-state index contributed by atoms with van der Waals surface area (Å²) < 4.78 is 0. The molecule has 0 aromatic heterocycles. The lowest BCUT2D eigenvalue weighted by Gasteiger charge is -2.24. The van der Waals surface area contributed by atoms with Gasteiger partial charge < -0.3 is 15.5 Å². The molecule has 0 aromatic rings. The lowest BCUT2D eigenvalue weighted by molar-refractivity contribution is -0.138. The first kappa shape index (κ1) is 15.9. The molecule has 17 heavy (non-hydrogen) atoms.